The minimum absolute atomic E-state index is 0.358. The van der Waals surface area contributed by atoms with Gasteiger partial charge in [-0.05, 0) is 49.8 Å². The van der Waals surface area contributed by atoms with Crippen molar-refractivity contribution in [3.8, 4) is 0 Å². The summed E-state index contributed by atoms with van der Waals surface area (Å²) in [6.45, 7) is 2.92. The summed E-state index contributed by atoms with van der Waals surface area (Å²) < 4.78 is 6.63. The minimum Gasteiger partial charge on any atom is -0.388 e. The van der Waals surface area contributed by atoms with Crippen LogP contribution >= 0.6 is 15.9 Å². The van der Waals surface area contributed by atoms with Gasteiger partial charge in [0.25, 0.3) is 0 Å². The molecule has 0 radical (unpaired) electrons. The maximum absolute atomic E-state index is 10.2. The Balaban J connectivity index is 1.94. The average molecular weight is 299 g/mol. The highest BCUT2D eigenvalue weighted by molar-refractivity contribution is 9.10. The molecule has 2 nitrogen and oxygen atoms in total. The first kappa shape index (κ1) is 13.1. The van der Waals surface area contributed by atoms with Crippen LogP contribution in [0.5, 0.6) is 0 Å². The Kier molecular flexibility index (Phi) is 4.60. The predicted octanol–water partition coefficient (Wildman–Crippen LogP) is 3.75. The molecule has 3 heteroatoms. The standard InChI is InChI=1S/C14H19BrO2/c1-10-12(5-2-6-13(10)15)14(16)8-7-11-4-3-9-17-11/h2,5-6,11,14,16H,3-4,7-9H2,1H3. The summed E-state index contributed by atoms with van der Waals surface area (Å²) in [5, 5.41) is 10.2. The maximum Gasteiger partial charge on any atom is 0.0794 e. The van der Waals surface area contributed by atoms with E-state index in [0.29, 0.717) is 6.10 Å². The van der Waals surface area contributed by atoms with E-state index in [9.17, 15) is 5.11 Å². The number of hydrogen-bond donors (Lipinski definition) is 1. The quantitative estimate of drug-likeness (QED) is 0.917. The van der Waals surface area contributed by atoms with Crippen LogP contribution in [0.1, 0.15) is 42.9 Å². The van der Waals surface area contributed by atoms with Gasteiger partial charge in [-0.1, -0.05) is 28.1 Å². The van der Waals surface area contributed by atoms with Crippen molar-refractivity contribution >= 4 is 15.9 Å². The zero-order valence-corrected chi connectivity index (χ0v) is 11.7. The molecule has 0 amide bonds. The lowest BCUT2D eigenvalue weighted by molar-refractivity contribution is 0.0811. The second kappa shape index (κ2) is 5.98. The molecule has 1 N–H and O–H groups in total. The van der Waals surface area contributed by atoms with Crippen LogP contribution < -0.4 is 0 Å². The maximum atomic E-state index is 10.2. The third kappa shape index (κ3) is 3.30. The van der Waals surface area contributed by atoms with Crippen molar-refractivity contribution in [1.82, 2.24) is 0 Å². The molecule has 1 saturated heterocycles. The zero-order valence-electron chi connectivity index (χ0n) is 10.2. The van der Waals surface area contributed by atoms with E-state index in [4.69, 9.17) is 4.74 Å². The van der Waals surface area contributed by atoms with Gasteiger partial charge >= 0.3 is 0 Å². The number of aliphatic hydroxyl groups excluding tert-OH is 1. The monoisotopic (exact) mass is 298 g/mol. The van der Waals surface area contributed by atoms with Gasteiger partial charge < -0.3 is 9.84 Å². The van der Waals surface area contributed by atoms with Gasteiger partial charge in [-0.2, -0.15) is 0 Å². The van der Waals surface area contributed by atoms with Crippen LogP contribution in [0, 0.1) is 6.92 Å². The van der Waals surface area contributed by atoms with E-state index >= 15 is 0 Å². The molecule has 1 aromatic carbocycles. The van der Waals surface area contributed by atoms with Gasteiger partial charge in [0.1, 0.15) is 0 Å². The van der Waals surface area contributed by atoms with E-state index in [2.05, 4.69) is 15.9 Å². The van der Waals surface area contributed by atoms with Gasteiger partial charge in [-0.25, -0.2) is 0 Å². The van der Waals surface area contributed by atoms with E-state index in [1.54, 1.807) is 0 Å². The van der Waals surface area contributed by atoms with Crippen molar-refractivity contribution in [2.24, 2.45) is 0 Å². The second-order valence-corrected chi connectivity index (χ2v) is 5.54. The Hall–Kier alpha value is -0.380. The summed E-state index contributed by atoms with van der Waals surface area (Å²) in [6, 6.07) is 5.98. The third-order valence-corrected chi connectivity index (χ3v) is 4.31. The summed E-state index contributed by atoms with van der Waals surface area (Å²) >= 11 is 3.50. The van der Waals surface area contributed by atoms with Crippen molar-refractivity contribution in [2.45, 2.75) is 44.8 Å². The number of benzene rings is 1. The molecule has 17 heavy (non-hydrogen) atoms. The van der Waals surface area contributed by atoms with E-state index in [0.717, 1.165) is 47.9 Å². The molecule has 2 unspecified atom stereocenters. The van der Waals surface area contributed by atoms with Gasteiger partial charge in [-0.3, -0.25) is 0 Å². The molecule has 1 aliphatic rings. The van der Waals surface area contributed by atoms with Crippen molar-refractivity contribution < 1.29 is 9.84 Å². The Morgan fingerprint density at radius 3 is 3.06 bits per heavy atom. The second-order valence-electron chi connectivity index (χ2n) is 4.68. The Morgan fingerprint density at radius 2 is 2.35 bits per heavy atom. The van der Waals surface area contributed by atoms with Gasteiger partial charge in [-0.15, -0.1) is 0 Å². The fraction of sp³-hybridized carbons (Fsp3) is 0.571. The molecule has 0 aliphatic carbocycles. The molecule has 94 valence electrons. The molecular weight excluding hydrogens is 280 g/mol. The number of rotatable bonds is 4. The molecule has 1 heterocycles. The number of hydrogen-bond acceptors (Lipinski definition) is 2. The first-order valence-electron chi connectivity index (χ1n) is 6.23. The first-order chi connectivity index (χ1) is 8.18. The average Bonchev–Trinajstić information content (AvgIpc) is 2.82. The highest BCUT2D eigenvalue weighted by atomic mass is 79.9. The SMILES string of the molecule is Cc1c(Br)cccc1C(O)CCC1CCCO1. The van der Waals surface area contributed by atoms with Crippen LogP contribution in [0.2, 0.25) is 0 Å². The lowest BCUT2D eigenvalue weighted by Crippen LogP contribution is -2.08. The van der Waals surface area contributed by atoms with E-state index in [-0.39, 0.29) is 6.10 Å². The molecule has 1 aromatic rings. The van der Waals surface area contributed by atoms with Crippen molar-refractivity contribution in [3.05, 3.63) is 33.8 Å². The van der Waals surface area contributed by atoms with Crippen molar-refractivity contribution in [1.29, 1.82) is 0 Å². The van der Waals surface area contributed by atoms with E-state index in [1.807, 2.05) is 25.1 Å². The minimum atomic E-state index is -0.378. The summed E-state index contributed by atoms with van der Waals surface area (Å²) in [5.41, 5.74) is 2.16. The normalized spacial score (nSPS) is 21.7. The molecular formula is C14H19BrO2. The predicted molar refractivity (Wildman–Crippen MR) is 72.0 cm³/mol. The number of ether oxygens (including phenoxy) is 1. The topological polar surface area (TPSA) is 29.5 Å². The van der Waals surface area contributed by atoms with E-state index in [1.165, 1.54) is 0 Å². The van der Waals surface area contributed by atoms with Gasteiger partial charge in [0.15, 0.2) is 0 Å². The third-order valence-electron chi connectivity index (χ3n) is 3.45. The molecule has 1 fully saturated rings. The Morgan fingerprint density at radius 1 is 1.53 bits per heavy atom. The van der Waals surface area contributed by atoms with Crippen LogP contribution in [-0.2, 0) is 4.74 Å². The highest BCUT2D eigenvalue weighted by Crippen LogP contribution is 2.29. The number of aliphatic hydroxyl groups is 1. The summed E-state index contributed by atoms with van der Waals surface area (Å²) in [4.78, 5) is 0. The van der Waals surface area contributed by atoms with Crippen LogP contribution in [0.3, 0.4) is 0 Å². The molecule has 2 atom stereocenters. The molecule has 0 saturated carbocycles. The summed E-state index contributed by atoms with van der Waals surface area (Å²) in [5.74, 6) is 0. The first-order valence-corrected chi connectivity index (χ1v) is 7.02. The van der Waals surface area contributed by atoms with Gasteiger partial charge in [0.2, 0.25) is 0 Å². The lowest BCUT2D eigenvalue weighted by Gasteiger charge is -2.16. The van der Waals surface area contributed by atoms with Crippen LogP contribution in [0.15, 0.2) is 22.7 Å². The zero-order chi connectivity index (χ0) is 12.3. The Labute approximate surface area is 111 Å². The van der Waals surface area contributed by atoms with Crippen molar-refractivity contribution in [3.63, 3.8) is 0 Å². The van der Waals surface area contributed by atoms with Crippen LogP contribution in [0.4, 0.5) is 0 Å². The smallest absolute Gasteiger partial charge is 0.0794 e. The van der Waals surface area contributed by atoms with Gasteiger partial charge in [0, 0.05) is 11.1 Å². The van der Waals surface area contributed by atoms with Crippen molar-refractivity contribution in [2.75, 3.05) is 6.61 Å². The molecule has 0 aromatic heterocycles. The highest BCUT2D eigenvalue weighted by Gasteiger charge is 2.18. The molecule has 0 bridgehead atoms. The summed E-state index contributed by atoms with van der Waals surface area (Å²) in [7, 11) is 0. The van der Waals surface area contributed by atoms with E-state index < -0.39 is 0 Å². The largest absolute Gasteiger partial charge is 0.388 e. The van der Waals surface area contributed by atoms with Crippen LogP contribution in [-0.4, -0.2) is 17.8 Å². The summed E-state index contributed by atoms with van der Waals surface area (Å²) in [6.07, 6.45) is 4.02. The molecule has 2 rings (SSSR count). The van der Waals surface area contributed by atoms with Gasteiger partial charge in [0.05, 0.1) is 12.2 Å². The fourth-order valence-electron chi connectivity index (χ4n) is 2.36. The molecule has 1 aliphatic heterocycles. The molecule has 0 spiro atoms. The van der Waals surface area contributed by atoms with Crippen LogP contribution in [0.25, 0.3) is 0 Å². The Bertz CT molecular complexity index is 372. The fourth-order valence-corrected chi connectivity index (χ4v) is 2.74. The lowest BCUT2D eigenvalue weighted by atomic mass is 9.98. The number of halogens is 1.